The van der Waals surface area contributed by atoms with Crippen molar-refractivity contribution in [3.8, 4) is 0 Å². The van der Waals surface area contributed by atoms with Crippen LogP contribution >= 0.6 is 0 Å². The zero-order valence-electron chi connectivity index (χ0n) is 10.9. The van der Waals surface area contributed by atoms with E-state index < -0.39 is 0 Å². The molecule has 0 N–H and O–H groups in total. The SMILES string of the molecule is CCCC(C)(C)CCc1ccc([N+](=O)[O-])cc1. The van der Waals surface area contributed by atoms with E-state index in [0.717, 1.165) is 12.8 Å². The quantitative estimate of drug-likeness (QED) is 0.543. The Bertz CT molecular complexity index is 368. The summed E-state index contributed by atoms with van der Waals surface area (Å²) in [6, 6.07) is 6.89. The maximum absolute atomic E-state index is 10.5. The summed E-state index contributed by atoms with van der Waals surface area (Å²) in [6.07, 6.45) is 4.54. The van der Waals surface area contributed by atoms with E-state index in [4.69, 9.17) is 0 Å². The first-order valence-corrected chi connectivity index (χ1v) is 6.18. The lowest BCUT2D eigenvalue weighted by Gasteiger charge is -2.23. The molecule has 94 valence electrons. The molecule has 0 heterocycles. The predicted molar refractivity (Wildman–Crippen MR) is 70.1 cm³/mol. The summed E-state index contributed by atoms with van der Waals surface area (Å²) >= 11 is 0. The van der Waals surface area contributed by atoms with Crippen LogP contribution in [0.1, 0.15) is 45.6 Å². The molecule has 1 aromatic carbocycles. The Morgan fingerprint density at radius 3 is 2.24 bits per heavy atom. The van der Waals surface area contributed by atoms with Crippen molar-refractivity contribution >= 4 is 5.69 Å². The Balaban J connectivity index is 2.55. The standard InChI is InChI=1S/C14H21NO2/c1-4-10-14(2,3)11-9-12-5-7-13(8-6-12)15(16)17/h5-8H,4,9-11H2,1-3H3. The fourth-order valence-corrected chi connectivity index (χ4v) is 2.07. The first-order valence-electron chi connectivity index (χ1n) is 6.18. The molecule has 3 nitrogen and oxygen atoms in total. The first-order chi connectivity index (χ1) is 7.94. The molecule has 0 atom stereocenters. The van der Waals surface area contributed by atoms with Gasteiger partial charge in [-0.3, -0.25) is 10.1 Å². The largest absolute Gasteiger partial charge is 0.269 e. The summed E-state index contributed by atoms with van der Waals surface area (Å²) in [4.78, 5) is 10.2. The number of nitrogens with zero attached hydrogens (tertiary/aromatic N) is 1. The number of hydrogen-bond donors (Lipinski definition) is 0. The topological polar surface area (TPSA) is 43.1 Å². The normalized spacial score (nSPS) is 11.5. The van der Waals surface area contributed by atoms with Crippen LogP contribution in [-0.4, -0.2) is 4.92 Å². The lowest BCUT2D eigenvalue weighted by molar-refractivity contribution is -0.384. The number of non-ortho nitro benzene ring substituents is 1. The van der Waals surface area contributed by atoms with E-state index in [1.54, 1.807) is 12.1 Å². The smallest absolute Gasteiger partial charge is 0.258 e. The highest BCUT2D eigenvalue weighted by Crippen LogP contribution is 2.28. The van der Waals surface area contributed by atoms with Crippen LogP contribution in [0.5, 0.6) is 0 Å². The summed E-state index contributed by atoms with van der Waals surface area (Å²) in [6.45, 7) is 6.76. The predicted octanol–water partition coefficient (Wildman–Crippen LogP) is 4.35. The molecule has 0 aliphatic heterocycles. The van der Waals surface area contributed by atoms with Crippen LogP contribution in [0.15, 0.2) is 24.3 Å². The fourth-order valence-electron chi connectivity index (χ4n) is 2.07. The molecule has 3 heteroatoms. The zero-order valence-corrected chi connectivity index (χ0v) is 10.9. The molecule has 1 rings (SSSR count). The number of hydrogen-bond acceptors (Lipinski definition) is 2. The molecule has 0 spiro atoms. The van der Waals surface area contributed by atoms with E-state index in [-0.39, 0.29) is 10.6 Å². The Morgan fingerprint density at radius 2 is 1.76 bits per heavy atom. The third-order valence-corrected chi connectivity index (χ3v) is 3.16. The average Bonchev–Trinajstić information content (AvgIpc) is 2.27. The van der Waals surface area contributed by atoms with Gasteiger partial charge in [0.1, 0.15) is 0 Å². The molecule has 0 aliphatic rings. The van der Waals surface area contributed by atoms with Gasteiger partial charge in [-0.15, -0.1) is 0 Å². The third kappa shape index (κ3) is 4.55. The van der Waals surface area contributed by atoms with E-state index >= 15 is 0 Å². The van der Waals surface area contributed by atoms with Crippen LogP contribution in [0.3, 0.4) is 0 Å². The summed E-state index contributed by atoms with van der Waals surface area (Å²) in [7, 11) is 0. The van der Waals surface area contributed by atoms with Crippen molar-refractivity contribution in [3.05, 3.63) is 39.9 Å². The molecule has 0 amide bonds. The van der Waals surface area contributed by atoms with Gasteiger partial charge in [0.05, 0.1) is 4.92 Å². The number of rotatable bonds is 6. The number of nitro groups is 1. The maximum atomic E-state index is 10.5. The molecule has 0 aromatic heterocycles. The van der Waals surface area contributed by atoms with Gasteiger partial charge in [0, 0.05) is 12.1 Å². The van der Waals surface area contributed by atoms with E-state index in [0.29, 0.717) is 5.41 Å². The van der Waals surface area contributed by atoms with Gasteiger partial charge in [-0.2, -0.15) is 0 Å². The second-order valence-corrected chi connectivity index (χ2v) is 5.34. The van der Waals surface area contributed by atoms with Crippen LogP contribution in [0, 0.1) is 15.5 Å². The molecule has 17 heavy (non-hydrogen) atoms. The zero-order chi connectivity index (χ0) is 12.9. The molecule has 0 unspecified atom stereocenters. The number of nitro benzene ring substituents is 1. The van der Waals surface area contributed by atoms with Gasteiger partial charge in [-0.05, 0) is 30.2 Å². The lowest BCUT2D eigenvalue weighted by atomic mass is 9.82. The minimum atomic E-state index is -0.356. The highest BCUT2D eigenvalue weighted by atomic mass is 16.6. The number of aryl methyl sites for hydroxylation is 1. The second kappa shape index (κ2) is 5.80. The molecule has 0 bridgehead atoms. The van der Waals surface area contributed by atoms with Gasteiger partial charge in [-0.25, -0.2) is 0 Å². The highest BCUT2D eigenvalue weighted by molar-refractivity contribution is 5.32. The van der Waals surface area contributed by atoms with E-state index in [1.807, 2.05) is 12.1 Å². The Kier molecular flexibility index (Phi) is 4.67. The van der Waals surface area contributed by atoms with Crippen molar-refractivity contribution in [1.82, 2.24) is 0 Å². The Morgan fingerprint density at radius 1 is 1.18 bits per heavy atom. The minimum Gasteiger partial charge on any atom is -0.258 e. The van der Waals surface area contributed by atoms with Crippen LogP contribution < -0.4 is 0 Å². The summed E-state index contributed by atoms with van der Waals surface area (Å²) in [5, 5.41) is 10.5. The van der Waals surface area contributed by atoms with Gasteiger partial charge in [0.25, 0.3) is 5.69 Å². The van der Waals surface area contributed by atoms with Crippen molar-refractivity contribution < 1.29 is 4.92 Å². The fraction of sp³-hybridized carbons (Fsp3) is 0.571. The molecule has 0 fully saturated rings. The van der Waals surface area contributed by atoms with Gasteiger partial charge >= 0.3 is 0 Å². The van der Waals surface area contributed by atoms with Crippen molar-refractivity contribution in [2.75, 3.05) is 0 Å². The van der Waals surface area contributed by atoms with Crippen molar-refractivity contribution in [2.24, 2.45) is 5.41 Å². The maximum Gasteiger partial charge on any atom is 0.269 e. The molecule has 0 saturated heterocycles. The van der Waals surface area contributed by atoms with Gasteiger partial charge < -0.3 is 0 Å². The summed E-state index contributed by atoms with van der Waals surface area (Å²) in [5.74, 6) is 0. The Hall–Kier alpha value is -1.38. The average molecular weight is 235 g/mol. The summed E-state index contributed by atoms with van der Waals surface area (Å²) < 4.78 is 0. The Labute approximate surface area is 103 Å². The molecular weight excluding hydrogens is 214 g/mol. The van der Waals surface area contributed by atoms with Crippen LogP contribution in [-0.2, 0) is 6.42 Å². The molecule has 1 aromatic rings. The van der Waals surface area contributed by atoms with Crippen molar-refractivity contribution in [1.29, 1.82) is 0 Å². The van der Waals surface area contributed by atoms with Gasteiger partial charge in [0.15, 0.2) is 0 Å². The number of benzene rings is 1. The summed E-state index contributed by atoms with van der Waals surface area (Å²) in [5.41, 5.74) is 1.71. The van der Waals surface area contributed by atoms with Crippen molar-refractivity contribution in [3.63, 3.8) is 0 Å². The minimum absolute atomic E-state index is 0.168. The van der Waals surface area contributed by atoms with Crippen molar-refractivity contribution in [2.45, 2.75) is 46.5 Å². The van der Waals surface area contributed by atoms with E-state index in [2.05, 4.69) is 20.8 Å². The third-order valence-electron chi connectivity index (χ3n) is 3.16. The van der Waals surface area contributed by atoms with Crippen LogP contribution in [0.4, 0.5) is 5.69 Å². The van der Waals surface area contributed by atoms with Gasteiger partial charge in [-0.1, -0.05) is 39.3 Å². The lowest BCUT2D eigenvalue weighted by Crippen LogP contribution is -2.11. The van der Waals surface area contributed by atoms with Gasteiger partial charge in [0.2, 0.25) is 0 Å². The monoisotopic (exact) mass is 235 g/mol. The highest BCUT2D eigenvalue weighted by Gasteiger charge is 2.16. The van der Waals surface area contributed by atoms with Crippen LogP contribution in [0.25, 0.3) is 0 Å². The first kappa shape index (κ1) is 13.7. The molecule has 0 aliphatic carbocycles. The van der Waals surface area contributed by atoms with Crippen LogP contribution in [0.2, 0.25) is 0 Å². The molecule has 0 saturated carbocycles. The van der Waals surface area contributed by atoms with E-state index in [9.17, 15) is 10.1 Å². The molecule has 0 radical (unpaired) electrons. The van der Waals surface area contributed by atoms with E-state index in [1.165, 1.54) is 18.4 Å². The molecular formula is C14H21NO2. The second-order valence-electron chi connectivity index (χ2n) is 5.34.